The molecular weight excluding hydrogens is 600 g/mol. The summed E-state index contributed by atoms with van der Waals surface area (Å²) >= 11 is 0. The van der Waals surface area contributed by atoms with E-state index in [0.717, 1.165) is 32.1 Å². The van der Waals surface area contributed by atoms with E-state index in [9.17, 15) is 35.4 Å². The Hall–Kier alpha value is -1.45. The highest BCUT2D eigenvalue weighted by Gasteiger charge is 2.59. The molecule has 264 valence electrons. The molecule has 15 atom stereocenters. The average molecular weight is 657 g/mol. The minimum Gasteiger partial charge on any atom is -0.463 e. The predicted molar refractivity (Wildman–Crippen MR) is 166 cm³/mol. The van der Waals surface area contributed by atoms with E-state index in [1.807, 2.05) is 6.08 Å². The van der Waals surface area contributed by atoms with E-state index in [-0.39, 0.29) is 36.1 Å². The third-order valence-corrected chi connectivity index (χ3v) is 11.6. The van der Waals surface area contributed by atoms with Gasteiger partial charge in [0.1, 0.15) is 49.3 Å². The van der Waals surface area contributed by atoms with Gasteiger partial charge in [-0.05, 0) is 70.1 Å². The highest BCUT2D eigenvalue weighted by molar-refractivity contribution is 5.65. The van der Waals surface area contributed by atoms with Crippen LogP contribution < -0.4 is 0 Å². The van der Waals surface area contributed by atoms with Crippen LogP contribution in [0.15, 0.2) is 23.3 Å². The van der Waals surface area contributed by atoms with Crippen LogP contribution in [0.1, 0.15) is 80.6 Å². The molecule has 2 saturated heterocycles. The van der Waals surface area contributed by atoms with Crippen LogP contribution in [-0.2, 0) is 28.5 Å². The number of carbonyl (C=O) groups excluding carboxylic acids is 1. The first-order chi connectivity index (χ1) is 21.6. The smallest absolute Gasteiger partial charge is 0.302 e. The van der Waals surface area contributed by atoms with Gasteiger partial charge in [-0.2, -0.15) is 0 Å². The Labute approximate surface area is 272 Å². The van der Waals surface area contributed by atoms with E-state index in [1.165, 1.54) is 18.1 Å². The summed E-state index contributed by atoms with van der Waals surface area (Å²) in [7, 11) is 0. The first-order valence-electron chi connectivity index (χ1n) is 16.6. The largest absolute Gasteiger partial charge is 0.463 e. The summed E-state index contributed by atoms with van der Waals surface area (Å²) in [5, 5.41) is 63.2. The third kappa shape index (κ3) is 7.27. The van der Waals surface area contributed by atoms with Gasteiger partial charge >= 0.3 is 5.97 Å². The maximum absolute atomic E-state index is 11.3. The molecule has 0 aromatic carbocycles. The standard InChI is InChI=1S/C34H56O12/c1-17(12-14-35)11-13-33(6)19(3)15-24(34(7)18(2)9-8-10-23(33)34)45-31-29(41)27(39)30(20(4)43-31)46-32-28(40)26(38)25(37)22(44-32)16-42-21(5)36/h9,12,19-20,22-32,35,37-41H,8,10-11,13-16H2,1-7H3. The van der Waals surface area contributed by atoms with Gasteiger partial charge in [0.15, 0.2) is 12.6 Å². The number of ether oxygens (including phenoxy) is 5. The fraction of sp³-hybridized carbons (Fsp3) is 0.853. The van der Waals surface area contributed by atoms with Gasteiger partial charge in [-0.25, -0.2) is 0 Å². The first-order valence-corrected chi connectivity index (χ1v) is 16.6. The minimum absolute atomic E-state index is 0.0127. The Morgan fingerprint density at radius 2 is 1.63 bits per heavy atom. The number of carbonyl (C=O) groups is 1. The van der Waals surface area contributed by atoms with Crippen molar-refractivity contribution in [3.63, 3.8) is 0 Å². The summed E-state index contributed by atoms with van der Waals surface area (Å²) in [5.41, 5.74) is 2.09. The van der Waals surface area contributed by atoms with Gasteiger partial charge in [0.2, 0.25) is 0 Å². The summed E-state index contributed by atoms with van der Waals surface area (Å²) < 4.78 is 29.2. The molecule has 2 aliphatic heterocycles. The Balaban J connectivity index is 1.48. The molecule has 4 aliphatic rings. The van der Waals surface area contributed by atoms with Crippen LogP contribution in [0.2, 0.25) is 0 Å². The van der Waals surface area contributed by atoms with Crippen molar-refractivity contribution < 1.29 is 59.1 Å². The zero-order chi connectivity index (χ0) is 34.1. The molecule has 4 rings (SSSR count). The lowest BCUT2D eigenvalue weighted by molar-refractivity contribution is -0.364. The van der Waals surface area contributed by atoms with Crippen molar-refractivity contribution in [3.05, 3.63) is 23.3 Å². The number of hydrogen-bond donors (Lipinski definition) is 6. The quantitative estimate of drug-likeness (QED) is 0.148. The minimum atomic E-state index is -1.69. The molecule has 12 nitrogen and oxygen atoms in total. The van der Waals surface area contributed by atoms with E-state index >= 15 is 0 Å². The molecular formula is C34H56O12. The molecule has 0 radical (unpaired) electrons. The predicted octanol–water partition coefficient (Wildman–Crippen LogP) is 1.72. The first kappa shape index (κ1) is 37.4. The van der Waals surface area contributed by atoms with Crippen LogP contribution in [0, 0.1) is 22.7 Å². The number of hydrogen-bond acceptors (Lipinski definition) is 12. The van der Waals surface area contributed by atoms with Gasteiger partial charge in [-0.1, -0.05) is 44.1 Å². The molecule has 15 unspecified atom stereocenters. The molecule has 2 aliphatic carbocycles. The molecule has 46 heavy (non-hydrogen) atoms. The number of rotatable bonds is 10. The number of fused-ring (bicyclic) bond motifs is 1. The molecule has 0 amide bonds. The second-order valence-electron chi connectivity index (χ2n) is 14.4. The van der Waals surface area contributed by atoms with Crippen LogP contribution in [0.3, 0.4) is 0 Å². The fourth-order valence-corrected chi connectivity index (χ4v) is 8.26. The van der Waals surface area contributed by atoms with E-state index in [2.05, 4.69) is 40.7 Å². The van der Waals surface area contributed by atoms with Crippen molar-refractivity contribution in [2.45, 2.75) is 148 Å². The van der Waals surface area contributed by atoms with Gasteiger partial charge in [0, 0.05) is 12.3 Å². The molecule has 1 saturated carbocycles. The Bertz CT molecular complexity index is 1110. The summed E-state index contributed by atoms with van der Waals surface area (Å²) in [6, 6.07) is 0. The van der Waals surface area contributed by atoms with Crippen LogP contribution >= 0.6 is 0 Å². The topological polar surface area (TPSA) is 185 Å². The summed E-state index contributed by atoms with van der Waals surface area (Å²) in [6.45, 7) is 13.5. The molecule has 2 heterocycles. The maximum atomic E-state index is 11.3. The number of allylic oxidation sites excluding steroid dienone is 2. The Morgan fingerprint density at radius 3 is 2.28 bits per heavy atom. The lowest BCUT2D eigenvalue weighted by Gasteiger charge is -2.61. The second-order valence-corrected chi connectivity index (χ2v) is 14.4. The van der Waals surface area contributed by atoms with Crippen LogP contribution in [0.4, 0.5) is 0 Å². The van der Waals surface area contributed by atoms with Gasteiger partial charge in [0.25, 0.3) is 0 Å². The maximum Gasteiger partial charge on any atom is 0.302 e. The number of aliphatic hydroxyl groups excluding tert-OH is 6. The van der Waals surface area contributed by atoms with Gasteiger partial charge in [0.05, 0.1) is 18.8 Å². The molecule has 12 heteroatoms. The van der Waals surface area contributed by atoms with Gasteiger partial charge < -0.3 is 54.3 Å². The van der Waals surface area contributed by atoms with Crippen molar-refractivity contribution in [2.24, 2.45) is 22.7 Å². The van der Waals surface area contributed by atoms with E-state index in [0.29, 0.717) is 5.92 Å². The summed E-state index contributed by atoms with van der Waals surface area (Å²) in [5.74, 6) is -0.0326. The summed E-state index contributed by atoms with van der Waals surface area (Å²) in [6.07, 6.45) is -5.37. The molecule has 0 aromatic heterocycles. The second kappa shape index (κ2) is 15.0. The monoisotopic (exact) mass is 656 g/mol. The normalized spacial score (nSPS) is 46.8. The van der Waals surface area contributed by atoms with E-state index in [1.54, 1.807) is 6.92 Å². The van der Waals surface area contributed by atoms with Crippen molar-refractivity contribution in [1.29, 1.82) is 0 Å². The lowest BCUT2D eigenvalue weighted by Crippen LogP contribution is -2.65. The SMILES string of the molecule is CC(=O)OCC1OC(OC2C(C)OC(OC3CC(C)C(C)(CCC(C)=CCO)C4CCC=C(C)C34C)C(O)C2O)C(O)C(O)C1O. The zero-order valence-corrected chi connectivity index (χ0v) is 28.2. The van der Waals surface area contributed by atoms with E-state index in [4.69, 9.17) is 23.7 Å². The fourth-order valence-electron chi connectivity index (χ4n) is 8.26. The van der Waals surface area contributed by atoms with Gasteiger partial charge in [-0.3, -0.25) is 4.79 Å². The highest BCUT2D eigenvalue weighted by Crippen LogP contribution is 2.63. The Kier molecular flexibility index (Phi) is 12.2. The van der Waals surface area contributed by atoms with Crippen LogP contribution in [0.25, 0.3) is 0 Å². The van der Waals surface area contributed by atoms with Crippen LogP contribution in [0.5, 0.6) is 0 Å². The molecule has 3 fully saturated rings. The van der Waals surface area contributed by atoms with Crippen molar-refractivity contribution in [3.8, 4) is 0 Å². The molecule has 0 spiro atoms. The lowest BCUT2D eigenvalue weighted by atomic mass is 9.46. The van der Waals surface area contributed by atoms with Crippen molar-refractivity contribution in [2.75, 3.05) is 13.2 Å². The van der Waals surface area contributed by atoms with E-state index < -0.39 is 67.4 Å². The number of esters is 1. The van der Waals surface area contributed by atoms with Crippen molar-refractivity contribution >= 4 is 5.97 Å². The van der Waals surface area contributed by atoms with Crippen LogP contribution in [-0.4, -0.2) is 117 Å². The zero-order valence-electron chi connectivity index (χ0n) is 28.2. The van der Waals surface area contributed by atoms with Crippen molar-refractivity contribution in [1.82, 2.24) is 0 Å². The molecule has 0 aromatic rings. The third-order valence-electron chi connectivity index (χ3n) is 11.6. The summed E-state index contributed by atoms with van der Waals surface area (Å²) in [4.78, 5) is 11.3. The Morgan fingerprint density at radius 1 is 0.978 bits per heavy atom. The average Bonchev–Trinajstić information content (AvgIpc) is 3.00. The molecule has 0 bridgehead atoms. The number of aliphatic hydroxyl groups is 6. The highest BCUT2D eigenvalue weighted by atomic mass is 16.7. The molecule has 6 N–H and O–H groups in total. The van der Waals surface area contributed by atoms with Gasteiger partial charge in [-0.15, -0.1) is 0 Å².